The fraction of sp³-hybridized carbons (Fsp3) is 0.250. The molecule has 5 nitrogen and oxygen atoms in total. The van der Waals surface area contributed by atoms with E-state index in [2.05, 4.69) is 15.3 Å². The fourth-order valence-electron chi connectivity index (χ4n) is 1.46. The van der Waals surface area contributed by atoms with Crippen molar-refractivity contribution in [1.29, 1.82) is 0 Å². The van der Waals surface area contributed by atoms with Crippen molar-refractivity contribution in [2.24, 2.45) is 0 Å². The summed E-state index contributed by atoms with van der Waals surface area (Å²) in [7, 11) is 0. The molecule has 2 aromatic heterocycles. The van der Waals surface area contributed by atoms with Gasteiger partial charge in [-0.15, -0.1) is 11.3 Å². The third-order valence-electron chi connectivity index (χ3n) is 2.56. The average Bonchev–Trinajstić information content (AvgIpc) is 2.57. The minimum atomic E-state index is -0.284. The molecule has 3 N–H and O–H groups in total. The number of nitrogens with one attached hydrogen (secondary N) is 1. The van der Waals surface area contributed by atoms with E-state index in [4.69, 9.17) is 5.73 Å². The lowest BCUT2D eigenvalue weighted by molar-refractivity contribution is 0.102. The van der Waals surface area contributed by atoms with Crippen LogP contribution in [0.3, 0.4) is 0 Å². The van der Waals surface area contributed by atoms with Crippen LogP contribution in [0.4, 0.5) is 10.9 Å². The number of thiazole rings is 1. The van der Waals surface area contributed by atoms with Gasteiger partial charge in [0.05, 0.1) is 11.3 Å². The second-order valence-electron chi connectivity index (χ2n) is 4.00. The molecule has 2 heterocycles. The van der Waals surface area contributed by atoms with Crippen molar-refractivity contribution in [2.45, 2.75) is 20.8 Å². The molecular formula is C12H14N4OS. The third-order valence-corrected chi connectivity index (χ3v) is 3.55. The minimum Gasteiger partial charge on any atom is -0.383 e. The van der Waals surface area contributed by atoms with Crippen LogP contribution in [0.25, 0.3) is 0 Å². The van der Waals surface area contributed by atoms with Gasteiger partial charge in [-0.25, -0.2) is 9.97 Å². The summed E-state index contributed by atoms with van der Waals surface area (Å²) in [5.74, 6) is -0.0498. The van der Waals surface area contributed by atoms with Crippen molar-refractivity contribution in [3.05, 3.63) is 34.0 Å². The van der Waals surface area contributed by atoms with Crippen molar-refractivity contribution in [3.63, 3.8) is 0 Å². The highest BCUT2D eigenvalue weighted by atomic mass is 32.1. The Hall–Kier alpha value is -1.95. The highest BCUT2D eigenvalue weighted by molar-refractivity contribution is 7.15. The highest BCUT2D eigenvalue weighted by Gasteiger charge is 2.13. The van der Waals surface area contributed by atoms with E-state index in [0.29, 0.717) is 10.7 Å². The van der Waals surface area contributed by atoms with E-state index in [1.54, 1.807) is 12.1 Å². The van der Waals surface area contributed by atoms with Gasteiger partial charge < -0.3 is 5.73 Å². The van der Waals surface area contributed by atoms with E-state index >= 15 is 0 Å². The Morgan fingerprint density at radius 3 is 2.56 bits per heavy atom. The Bertz CT molecular complexity index is 587. The van der Waals surface area contributed by atoms with Crippen molar-refractivity contribution in [1.82, 2.24) is 9.97 Å². The first-order chi connectivity index (χ1) is 8.47. The van der Waals surface area contributed by atoms with Gasteiger partial charge in [0.1, 0.15) is 5.82 Å². The van der Waals surface area contributed by atoms with Gasteiger partial charge in [-0.2, -0.15) is 0 Å². The molecule has 0 aromatic carbocycles. The number of nitrogens with zero attached hydrogens (tertiary/aromatic N) is 2. The number of nitrogens with two attached hydrogens (primary N) is 1. The third kappa shape index (κ3) is 2.48. The maximum atomic E-state index is 12.0. The van der Waals surface area contributed by atoms with Crippen LogP contribution in [-0.4, -0.2) is 15.9 Å². The van der Waals surface area contributed by atoms with Gasteiger partial charge in [-0.3, -0.25) is 10.1 Å². The fourth-order valence-corrected chi connectivity index (χ4v) is 2.27. The lowest BCUT2D eigenvalue weighted by atomic mass is 10.2. The number of hydrogen-bond donors (Lipinski definition) is 2. The smallest absolute Gasteiger partial charge is 0.261 e. The Morgan fingerprint density at radius 2 is 2.00 bits per heavy atom. The van der Waals surface area contributed by atoms with Crippen LogP contribution in [0.5, 0.6) is 0 Å². The Morgan fingerprint density at radius 1 is 1.28 bits per heavy atom. The summed E-state index contributed by atoms with van der Waals surface area (Å²) >= 11 is 1.44. The zero-order valence-electron chi connectivity index (χ0n) is 10.4. The maximum Gasteiger partial charge on any atom is 0.261 e. The molecule has 0 radical (unpaired) electrons. The van der Waals surface area contributed by atoms with Crippen LogP contribution in [0.2, 0.25) is 0 Å². The van der Waals surface area contributed by atoms with Crippen LogP contribution in [0.15, 0.2) is 12.1 Å². The molecule has 6 heteroatoms. The van der Waals surface area contributed by atoms with Gasteiger partial charge in [0.15, 0.2) is 5.13 Å². The van der Waals surface area contributed by atoms with Gasteiger partial charge in [0, 0.05) is 10.6 Å². The molecule has 0 fully saturated rings. The molecule has 0 unspecified atom stereocenters. The van der Waals surface area contributed by atoms with Crippen LogP contribution in [0.1, 0.15) is 26.6 Å². The SMILES string of the molecule is Cc1ccc(C(=O)Nc2nc(C)c(C)s2)c(N)n1. The van der Waals surface area contributed by atoms with Gasteiger partial charge in [-0.05, 0) is 32.9 Å². The number of amides is 1. The van der Waals surface area contributed by atoms with E-state index in [-0.39, 0.29) is 11.7 Å². The van der Waals surface area contributed by atoms with Gasteiger partial charge >= 0.3 is 0 Å². The topological polar surface area (TPSA) is 80.9 Å². The second kappa shape index (κ2) is 4.73. The Balaban J connectivity index is 2.22. The van der Waals surface area contributed by atoms with E-state index in [9.17, 15) is 4.79 Å². The highest BCUT2D eigenvalue weighted by Crippen LogP contribution is 2.22. The number of hydrogen-bond acceptors (Lipinski definition) is 5. The molecule has 0 saturated heterocycles. The predicted octanol–water partition coefficient (Wildman–Crippen LogP) is 2.30. The van der Waals surface area contributed by atoms with E-state index in [0.717, 1.165) is 16.3 Å². The molecule has 1 amide bonds. The molecule has 0 saturated carbocycles. The summed E-state index contributed by atoms with van der Waals surface area (Å²) in [6.45, 7) is 5.69. The normalized spacial score (nSPS) is 10.4. The number of anilines is 2. The largest absolute Gasteiger partial charge is 0.383 e. The standard InChI is InChI=1S/C12H14N4OS/c1-6-4-5-9(10(13)14-6)11(17)16-12-15-7(2)8(3)18-12/h4-5H,1-3H3,(H2,13,14)(H,15,16,17). The number of aryl methyl sites for hydroxylation is 3. The van der Waals surface area contributed by atoms with Crippen molar-refractivity contribution in [2.75, 3.05) is 11.1 Å². The summed E-state index contributed by atoms with van der Waals surface area (Å²) in [6, 6.07) is 3.42. The number of pyridine rings is 1. The van der Waals surface area contributed by atoms with Crippen molar-refractivity contribution in [3.8, 4) is 0 Å². The average molecular weight is 262 g/mol. The van der Waals surface area contributed by atoms with Gasteiger partial charge in [-0.1, -0.05) is 0 Å². The summed E-state index contributed by atoms with van der Waals surface area (Å²) in [6.07, 6.45) is 0. The molecule has 94 valence electrons. The van der Waals surface area contributed by atoms with Crippen LogP contribution >= 0.6 is 11.3 Å². The number of aromatic nitrogens is 2. The summed E-state index contributed by atoms with van der Waals surface area (Å²) in [4.78, 5) is 21.4. The molecule has 0 bridgehead atoms. The molecule has 0 atom stereocenters. The van der Waals surface area contributed by atoms with E-state index in [1.165, 1.54) is 11.3 Å². The molecule has 0 spiro atoms. The van der Waals surface area contributed by atoms with Crippen LogP contribution in [-0.2, 0) is 0 Å². The zero-order valence-corrected chi connectivity index (χ0v) is 11.3. The van der Waals surface area contributed by atoms with Crippen LogP contribution < -0.4 is 11.1 Å². The van der Waals surface area contributed by atoms with Crippen molar-refractivity contribution < 1.29 is 4.79 Å². The number of rotatable bonds is 2. The lowest BCUT2D eigenvalue weighted by Crippen LogP contribution is -2.15. The molecule has 2 rings (SSSR count). The molecular weight excluding hydrogens is 248 g/mol. The molecule has 18 heavy (non-hydrogen) atoms. The van der Waals surface area contributed by atoms with Gasteiger partial charge in [0.2, 0.25) is 0 Å². The first-order valence-electron chi connectivity index (χ1n) is 5.46. The molecule has 0 aliphatic rings. The monoisotopic (exact) mass is 262 g/mol. The summed E-state index contributed by atoms with van der Waals surface area (Å²) < 4.78 is 0. The van der Waals surface area contributed by atoms with Gasteiger partial charge in [0.25, 0.3) is 5.91 Å². The first-order valence-corrected chi connectivity index (χ1v) is 6.27. The number of nitrogen functional groups attached to an aromatic ring is 1. The second-order valence-corrected chi connectivity index (χ2v) is 5.20. The molecule has 0 aliphatic heterocycles. The molecule has 2 aromatic rings. The Labute approximate surface area is 109 Å². The predicted molar refractivity (Wildman–Crippen MR) is 72.9 cm³/mol. The lowest BCUT2D eigenvalue weighted by Gasteiger charge is -2.04. The number of carbonyl (C=O) groups excluding carboxylic acids is 1. The van der Waals surface area contributed by atoms with E-state index in [1.807, 2.05) is 20.8 Å². The minimum absolute atomic E-state index is 0.234. The maximum absolute atomic E-state index is 12.0. The molecule has 0 aliphatic carbocycles. The van der Waals surface area contributed by atoms with Crippen molar-refractivity contribution >= 4 is 28.2 Å². The zero-order chi connectivity index (χ0) is 13.3. The number of carbonyl (C=O) groups is 1. The summed E-state index contributed by atoms with van der Waals surface area (Å²) in [5.41, 5.74) is 7.79. The van der Waals surface area contributed by atoms with Crippen LogP contribution in [0, 0.1) is 20.8 Å². The summed E-state index contributed by atoms with van der Waals surface area (Å²) in [5, 5.41) is 3.31. The first kappa shape index (κ1) is 12.5. The quantitative estimate of drug-likeness (QED) is 0.870. The Kier molecular flexibility index (Phi) is 3.29. The van der Waals surface area contributed by atoms with E-state index < -0.39 is 0 Å².